The summed E-state index contributed by atoms with van der Waals surface area (Å²) >= 11 is 3.24. The molecule has 0 amide bonds. The molecule has 1 aromatic heterocycles. The van der Waals surface area contributed by atoms with E-state index in [0.717, 1.165) is 4.47 Å². The molecule has 0 aliphatic carbocycles. The van der Waals surface area contributed by atoms with Crippen LogP contribution in [0.4, 0.5) is 5.82 Å². The van der Waals surface area contributed by atoms with Gasteiger partial charge in [0.1, 0.15) is 5.82 Å². The van der Waals surface area contributed by atoms with Crippen molar-refractivity contribution in [1.29, 1.82) is 0 Å². The molecule has 0 saturated carbocycles. The summed E-state index contributed by atoms with van der Waals surface area (Å²) in [6, 6.07) is 3.73. The van der Waals surface area contributed by atoms with Crippen molar-refractivity contribution in [2.24, 2.45) is 0 Å². The van der Waals surface area contributed by atoms with Crippen molar-refractivity contribution in [3.05, 3.63) is 22.8 Å². The van der Waals surface area contributed by atoms with E-state index in [1.165, 1.54) is 0 Å². The van der Waals surface area contributed by atoms with Gasteiger partial charge in [-0.15, -0.1) is 0 Å². The zero-order valence-electron chi connectivity index (χ0n) is 10.5. The molecular weight excluding hydrogens is 318 g/mol. The maximum Gasteiger partial charge on any atom is 0.233 e. The van der Waals surface area contributed by atoms with Crippen LogP contribution in [0.3, 0.4) is 0 Å². The smallest absolute Gasteiger partial charge is 0.233 e. The van der Waals surface area contributed by atoms with Gasteiger partial charge in [-0.1, -0.05) is 13.8 Å². The largest absolute Gasteiger partial charge is 0.314 e. The minimum Gasteiger partial charge on any atom is -0.314 e. The second kappa shape index (κ2) is 7.06. The molecule has 0 radical (unpaired) electrons. The normalized spacial score (nSPS) is 11.8. The van der Waals surface area contributed by atoms with Gasteiger partial charge < -0.3 is 5.32 Å². The molecule has 18 heavy (non-hydrogen) atoms. The average Bonchev–Trinajstić information content (AvgIpc) is 2.27. The van der Waals surface area contributed by atoms with Crippen LogP contribution in [-0.4, -0.2) is 31.7 Å². The van der Waals surface area contributed by atoms with Crippen molar-refractivity contribution in [3.8, 4) is 0 Å². The molecule has 5 nitrogen and oxygen atoms in total. The van der Waals surface area contributed by atoms with Crippen molar-refractivity contribution >= 4 is 31.8 Å². The zero-order valence-corrected chi connectivity index (χ0v) is 12.9. The first-order valence-electron chi connectivity index (χ1n) is 5.74. The number of hydrogen-bond acceptors (Lipinski definition) is 4. The van der Waals surface area contributed by atoms with Gasteiger partial charge in [0.25, 0.3) is 0 Å². The Hall–Kier alpha value is -0.660. The molecule has 0 atom stereocenters. The van der Waals surface area contributed by atoms with E-state index < -0.39 is 10.0 Å². The summed E-state index contributed by atoms with van der Waals surface area (Å²) in [6.07, 6.45) is 2.13. The Balaban J connectivity index is 2.42. The van der Waals surface area contributed by atoms with E-state index in [1.54, 1.807) is 18.3 Å². The minimum atomic E-state index is -3.31. The van der Waals surface area contributed by atoms with Crippen molar-refractivity contribution in [2.75, 3.05) is 17.0 Å². The van der Waals surface area contributed by atoms with Crippen LogP contribution >= 0.6 is 15.9 Å². The van der Waals surface area contributed by atoms with Crippen molar-refractivity contribution in [1.82, 2.24) is 10.3 Å². The molecule has 7 heteroatoms. The van der Waals surface area contributed by atoms with Crippen molar-refractivity contribution < 1.29 is 8.42 Å². The van der Waals surface area contributed by atoms with Crippen LogP contribution in [0.25, 0.3) is 0 Å². The molecule has 1 rings (SSSR count). The Bertz CT molecular complexity index is 460. The molecule has 102 valence electrons. The lowest BCUT2D eigenvalue weighted by Gasteiger charge is -2.09. The summed E-state index contributed by atoms with van der Waals surface area (Å²) in [5.74, 6) is 0.430. The van der Waals surface area contributed by atoms with Gasteiger partial charge in [-0.25, -0.2) is 13.4 Å². The molecule has 0 bridgehead atoms. The molecular formula is C11H18BrN3O2S. The van der Waals surface area contributed by atoms with E-state index in [-0.39, 0.29) is 5.75 Å². The monoisotopic (exact) mass is 335 g/mol. The maximum atomic E-state index is 11.7. The molecule has 0 aromatic carbocycles. The van der Waals surface area contributed by atoms with Gasteiger partial charge in [0.2, 0.25) is 10.0 Å². The first-order chi connectivity index (χ1) is 8.39. The molecule has 0 unspecified atom stereocenters. The second-order valence-corrected chi connectivity index (χ2v) is 7.00. The van der Waals surface area contributed by atoms with E-state index >= 15 is 0 Å². The maximum absolute atomic E-state index is 11.7. The topological polar surface area (TPSA) is 71.1 Å². The highest BCUT2D eigenvalue weighted by Crippen LogP contribution is 2.11. The number of halogens is 1. The van der Waals surface area contributed by atoms with Gasteiger partial charge in [0, 0.05) is 16.7 Å². The van der Waals surface area contributed by atoms with Gasteiger partial charge in [0.15, 0.2) is 0 Å². The Labute approximate surface area is 117 Å². The van der Waals surface area contributed by atoms with E-state index in [1.807, 2.05) is 13.8 Å². The third kappa shape index (κ3) is 6.32. The highest BCUT2D eigenvalue weighted by molar-refractivity contribution is 9.10. The van der Waals surface area contributed by atoms with E-state index in [2.05, 4.69) is 31.0 Å². The Kier molecular flexibility index (Phi) is 6.04. The van der Waals surface area contributed by atoms with Gasteiger partial charge in [-0.3, -0.25) is 4.72 Å². The number of rotatable bonds is 7. The van der Waals surface area contributed by atoms with Gasteiger partial charge in [-0.2, -0.15) is 0 Å². The SMILES string of the molecule is CC(C)NCCCS(=O)(=O)Nc1ccc(Br)cn1. The van der Waals surface area contributed by atoms with E-state index in [0.29, 0.717) is 24.8 Å². The fourth-order valence-electron chi connectivity index (χ4n) is 1.30. The van der Waals surface area contributed by atoms with Gasteiger partial charge in [-0.05, 0) is 41.0 Å². The molecule has 0 saturated heterocycles. The summed E-state index contributed by atoms with van der Waals surface area (Å²) in [5, 5.41) is 3.18. The zero-order chi connectivity index (χ0) is 13.6. The summed E-state index contributed by atoms with van der Waals surface area (Å²) in [4.78, 5) is 3.97. The summed E-state index contributed by atoms with van der Waals surface area (Å²) in [5.41, 5.74) is 0. The quantitative estimate of drug-likeness (QED) is 0.747. The number of pyridine rings is 1. The average molecular weight is 336 g/mol. The van der Waals surface area contributed by atoms with Crippen LogP contribution in [0.15, 0.2) is 22.8 Å². The number of nitrogens with one attached hydrogen (secondary N) is 2. The summed E-state index contributed by atoms with van der Waals surface area (Å²) in [7, 11) is -3.31. The Morgan fingerprint density at radius 3 is 2.67 bits per heavy atom. The molecule has 1 aromatic rings. The number of hydrogen-bond donors (Lipinski definition) is 2. The Morgan fingerprint density at radius 2 is 2.11 bits per heavy atom. The van der Waals surface area contributed by atoms with Gasteiger partial charge >= 0.3 is 0 Å². The van der Waals surface area contributed by atoms with Crippen LogP contribution in [0.1, 0.15) is 20.3 Å². The summed E-state index contributed by atoms with van der Waals surface area (Å²) < 4.78 is 26.7. The van der Waals surface area contributed by atoms with Crippen LogP contribution in [0.5, 0.6) is 0 Å². The molecule has 1 heterocycles. The fraction of sp³-hybridized carbons (Fsp3) is 0.545. The highest BCUT2D eigenvalue weighted by atomic mass is 79.9. The van der Waals surface area contributed by atoms with Crippen molar-refractivity contribution in [2.45, 2.75) is 26.3 Å². The number of aromatic nitrogens is 1. The molecule has 0 fully saturated rings. The van der Waals surface area contributed by atoms with Crippen molar-refractivity contribution in [3.63, 3.8) is 0 Å². The molecule has 2 N–H and O–H groups in total. The first-order valence-corrected chi connectivity index (χ1v) is 8.19. The van der Waals surface area contributed by atoms with E-state index in [4.69, 9.17) is 0 Å². The summed E-state index contributed by atoms with van der Waals surface area (Å²) in [6.45, 7) is 4.74. The Morgan fingerprint density at radius 1 is 1.39 bits per heavy atom. The highest BCUT2D eigenvalue weighted by Gasteiger charge is 2.10. The molecule has 0 aliphatic heterocycles. The van der Waals surface area contributed by atoms with Gasteiger partial charge in [0.05, 0.1) is 5.75 Å². The van der Waals surface area contributed by atoms with Crippen LogP contribution in [-0.2, 0) is 10.0 Å². The second-order valence-electron chi connectivity index (χ2n) is 4.24. The fourth-order valence-corrected chi connectivity index (χ4v) is 2.60. The molecule has 0 aliphatic rings. The predicted octanol–water partition coefficient (Wildman–Crippen LogP) is 1.97. The first kappa shape index (κ1) is 15.4. The molecule has 0 spiro atoms. The lowest BCUT2D eigenvalue weighted by atomic mass is 10.4. The number of nitrogens with zero attached hydrogens (tertiary/aromatic N) is 1. The lowest BCUT2D eigenvalue weighted by Crippen LogP contribution is -2.26. The van der Waals surface area contributed by atoms with E-state index in [9.17, 15) is 8.42 Å². The third-order valence-electron chi connectivity index (χ3n) is 2.13. The van der Waals surface area contributed by atoms with Crippen LogP contribution in [0.2, 0.25) is 0 Å². The minimum absolute atomic E-state index is 0.0878. The third-order valence-corrected chi connectivity index (χ3v) is 3.95. The number of sulfonamides is 1. The number of anilines is 1. The van der Waals surface area contributed by atoms with Crippen LogP contribution < -0.4 is 10.0 Å². The lowest BCUT2D eigenvalue weighted by molar-refractivity contribution is 0.571. The van der Waals surface area contributed by atoms with Crippen LogP contribution in [0, 0.1) is 0 Å². The predicted molar refractivity (Wildman–Crippen MR) is 77.1 cm³/mol. The standard InChI is InChI=1S/C11H18BrN3O2S/c1-9(2)13-6-3-7-18(16,17)15-11-5-4-10(12)8-14-11/h4-5,8-9,13H,3,6-7H2,1-2H3,(H,14,15).